The van der Waals surface area contributed by atoms with Gasteiger partial charge in [-0.25, -0.2) is 0 Å². The van der Waals surface area contributed by atoms with Gasteiger partial charge in [0.2, 0.25) is 0 Å². The summed E-state index contributed by atoms with van der Waals surface area (Å²) < 4.78 is 0. The molecular formula is C41H72O3. The Kier molecular flexibility index (Phi) is 34.3. The fourth-order valence-corrected chi connectivity index (χ4v) is 5.44. The third-order valence-corrected chi connectivity index (χ3v) is 8.42. The van der Waals surface area contributed by atoms with E-state index >= 15 is 0 Å². The molecule has 0 bridgehead atoms. The Morgan fingerprint density at radius 2 is 0.864 bits per heavy atom. The first-order valence-corrected chi connectivity index (χ1v) is 18.9. The highest BCUT2D eigenvalue weighted by atomic mass is 16.3. The summed E-state index contributed by atoms with van der Waals surface area (Å²) in [4.78, 5) is 24.7. The molecule has 0 aromatic rings. The van der Waals surface area contributed by atoms with Gasteiger partial charge in [-0.05, 0) is 89.4 Å². The van der Waals surface area contributed by atoms with E-state index < -0.39 is 0 Å². The zero-order chi connectivity index (χ0) is 32.2. The van der Waals surface area contributed by atoms with Crippen molar-refractivity contribution in [2.75, 3.05) is 6.61 Å². The van der Waals surface area contributed by atoms with Crippen molar-refractivity contribution in [1.82, 2.24) is 0 Å². The molecule has 0 aliphatic heterocycles. The van der Waals surface area contributed by atoms with Gasteiger partial charge in [-0.2, -0.15) is 0 Å². The zero-order valence-electron chi connectivity index (χ0n) is 29.3. The first-order valence-electron chi connectivity index (χ1n) is 18.9. The highest BCUT2D eigenvalue weighted by Gasteiger charge is 2.14. The largest absolute Gasteiger partial charge is 0.396 e. The summed E-state index contributed by atoms with van der Waals surface area (Å²) in [6, 6.07) is 0. The van der Waals surface area contributed by atoms with Crippen LogP contribution in [-0.2, 0) is 9.59 Å². The van der Waals surface area contributed by atoms with Crippen LogP contribution >= 0.6 is 0 Å². The Bertz CT molecular complexity index is 745. The molecule has 0 aliphatic carbocycles. The summed E-state index contributed by atoms with van der Waals surface area (Å²) in [6.45, 7) is 4.49. The topological polar surface area (TPSA) is 54.4 Å². The van der Waals surface area contributed by atoms with Crippen LogP contribution in [0.5, 0.6) is 0 Å². The Morgan fingerprint density at radius 1 is 0.477 bits per heavy atom. The summed E-state index contributed by atoms with van der Waals surface area (Å²) in [5.74, 6) is 0.472. The van der Waals surface area contributed by atoms with E-state index in [2.05, 4.69) is 62.5 Å². The smallest absolute Gasteiger partial charge is 0.133 e. The quantitative estimate of drug-likeness (QED) is 0.0581. The number of hydrogen-bond donors (Lipinski definition) is 1. The van der Waals surface area contributed by atoms with Crippen molar-refractivity contribution < 1.29 is 14.7 Å². The molecule has 3 heteroatoms. The van der Waals surface area contributed by atoms with Gasteiger partial charge in [0.25, 0.3) is 0 Å². The number of rotatable bonds is 34. The lowest BCUT2D eigenvalue weighted by Gasteiger charge is -2.13. The van der Waals surface area contributed by atoms with Crippen LogP contribution < -0.4 is 0 Å². The van der Waals surface area contributed by atoms with E-state index in [0.717, 1.165) is 51.4 Å². The zero-order valence-corrected chi connectivity index (χ0v) is 29.3. The van der Waals surface area contributed by atoms with Crippen LogP contribution in [0, 0.1) is 5.92 Å². The van der Waals surface area contributed by atoms with E-state index in [1.807, 2.05) is 0 Å². The van der Waals surface area contributed by atoms with Crippen molar-refractivity contribution in [3.63, 3.8) is 0 Å². The molecule has 1 N–H and O–H groups in total. The number of carbonyl (C=O) groups is 2. The second kappa shape index (κ2) is 35.7. The van der Waals surface area contributed by atoms with Crippen LogP contribution in [0.4, 0.5) is 0 Å². The highest BCUT2D eigenvalue weighted by Crippen LogP contribution is 2.17. The van der Waals surface area contributed by atoms with Gasteiger partial charge in [-0.1, -0.05) is 127 Å². The van der Waals surface area contributed by atoms with E-state index in [1.54, 1.807) is 0 Å². The summed E-state index contributed by atoms with van der Waals surface area (Å²) in [6.07, 6.45) is 47.3. The van der Waals surface area contributed by atoms with Crippen LogP contribution in [-0.4, -0.2) is 23.3 Å². The van der Waals surface area contributed by atoms with E-state index in [0.29, 0.717) is 32.1 Å². The van der Waals surface area contributed by atoms with Crippen LogP contribution in [0.1, 0.15) is 187 Å². The van der Waals surface area contributed by atoms with Crippen LogP contribution in [0.3, 0.4) is 0 Å². The van der Waals surface area contributed by atoms with Gasteiger partial charge in [0.15, 0.2) is 0 Å². The Morgan fingerprint density at radius 3 is 1.30 bits per heavy atom. The lowest BCUT2D eigenvalue weighted by molar-refractivity contribution is -0.122. The monoisotopic (exact) mass is 613 g/mol. The van der Waals surface area contributed by atoms with Crippen molar-refractivity contribution in [1.29, 1.82) is 0 Å². The van der Waals surface area contributed by atoms with Gasteiger partial charge in [-0.3, -0.25) is 9.59 Å². The molecule has 0 unspecified atom stereocenters. The van der Waals surface area contributed by atoms with Crippen LogP contribution in [0.2, 0.25) is 0 Å². The first kappa shape index (κ1) is 42.3. The van der Waals surface area contributed by atoms with Gasteiger partial charge in [0.05, 0.1) is 0 Å². The van der Waals surface area contributed by atoms with E-state index in [1.165, 1.54) is 89.9 Å². The minimum absolute atomic E-state index is 0.00484. The van der Waals surface area contributed by atoms with Crippen molar-refractivity contribution in [3.05, 3.63) is 48.6 Å². The number of ketones is 2. The molecule has 0 rings (SSSR count). The minimum atomic E-state index is -0.0611. The Balaban J connectivity index is 3.64. The molecule has 0 amide bonds. The molecule has 0 heterocycles. The van der Waals surface area contributed by atoms with E-state index in [-0.39, 0.29) is 24.1 Å². The molecule has 3 nitrogen and oxygen atoms in total. The average Bonchev–Trinajstić information content (AvgIpc) is 3.02. The summed E-state index contributed by atoms with van der Waals surface area (Å²) in [5, 5.41) is 9.73. The number of Topliss-reactive ketones (excluding diaryl/α,β-unsaturated/α-hetero) is 2. The molecule has 0 aromatic heterocycles. The SMILES string of the molecule is CCCCC/C=C\C/C=C\CCCCCCCC(=O)CC[C@H](CO)CC(=O)CCCCCCC/C=C\C/C=C\CCCCC. The summed E-state index contributed by atoms with van der Waals surface area (Å²) in [5.41, 5.74) is 0. The molecule has 0 fully saturated rings. The Labute approximate surface area is 274 Å². The minimum Gasteiger partial charge on any atom is -0.396 e. The summed E-state index contributed by atoms with van der Waals surface area (Å²) in [7, 11) is 0. The normalized spacial score (nSPS) is 12.9. The van der Waals surface area contributed by atoms with Crippen LogP contribution in [0.25, 0.3) is 0 Å². The maximum absolute atomic E-state index is 12.4. The molecular weight excluding hydrogens is 540 g/mol. The molecule has 0 saturated heterocycles. The molecule has 0 radical (unpaired) electrons. The maximum atomic E-state index is 12.4. The number of hydrogen-bond acceptors (Lipinski definition) is 3. The fourth-order valence-electron chi connectivity index (χ4n) is 5.44. The van der Waals surface area contributed by atoms with Crippen molar-refractivity contribution in [3.8, 4) is 0 Å². The van der Waals surface area contributed by atoms with Crippen LogP contribution in [0.15, 0.2) is 48.6 Å². The van der Waals surface area contributed by atoms with Crippen molar-refractivity contribution in [2.24, 2.45) is 5.92 Å². The second-order valence-electron chi connectivity index (χ2n) is 12.8. The number of allylic oxidation sites excluding steroid dienone is 8. The first-order chi connectivity index (χ1) is 21.6. The average molecular weight is 613 g/mol. The number of carbonyl (C=O) groups excluding carboxylic acids is 2. The third-order valence-electron chi connectivity index (χ3n) is 8.42. The maximum Gasteiger partial charge on any atom is 0.133 e. The van der Waals surface area contributed by atoms with Gasteiger partial charge in [-0.15, -0.1) is 0 Å². The van der Waals surface area contributed by atoms with Gasteiger partial charge in [0, 0.05) is 32.3 Å². The van der Waals surface area contributed by atoms with Gasteiger partial charge in [0.1, 0.15) is 11.6 Å². The predicted molar refractivity (Wildman–Crippen MR) is 193 cm³/mol. The number of aliphatic hydroxyl groups excluding tert-OH is 1. The van der Waals surface area contributed by atoms with E-state index in [4.69, 9.17) is 0 Å². The number of aliphatic hydroxyl groups is 1. The molecule has 1 atom stereocenters. The highest BCUT2D eigenvalue weighted by molar-refractivity contribution is 5.79. The molecule has 254 valence electrons. The lowest BCUT2D eigenvalue weighted by Crippen LogP contribution is -2.14. The molecule has 0 aromatic carbocycles. The van der Waals surface area contributed by atoms with E-state index in [9.17, 15) is 14.7 Å². The van der Waals surface area contributed by atoms with Crippen molar-refractivity contribution >= 4 is 11.6 Å². The molecule has 0 saturated carbocycles. The molecule has 44 heavy (non-hydrogen) atoms. The second-order valence-corrected chi connectivity index (χ2v) is 12.8. The van der Waals surface area contributed by atoms with Gasteiger partial charge >= 0.3 is 0 Å². The van der Waals surface area contributed by atoms with Crippen molar-refractivity contribution in [2.45, 2.75) is 187 Å². The van der Waals surface area contributed by atoms with Gasteiger partial charge < -0.3 is 5.11 Å². The Hall–Kier alpha value is -1.74. The third kappa shape index (κ3) is 33.2. The fraction of sp³-hybridized carbons (Fsp3) is 0.756. The lowest BCUT2D eigenvalue weighted by atomic mass is 9.93. The molecule has 0 spiro atoms. The summed E-state index contributed by atoms with van der Waals surface area (Å²) >= 11 is 0. The molecule has 0 aliphatic rings. The number of unbranched alkanes of at least 4 members (excludes halogenated alkanes) is 16. The standard InChI is InChI=1S/C41H72O3/c1-3-5-7-9-11-13-15-17-19-21-23-25-27-29-31-33-40(43)36-35-39(38-42)37-41(44)34-32-30-28-26-24-22-20-18-16-14-12-10-8-6-4-2/h11-14,17-20,39,42H,3-10,15-16,21-38H2,1-2H3/b13-11-,14-12-,19-17-,20-18-/t39-/m0/s1. The predicted octanol–water partition coefficient (Wildman–Crippen LogP) is 12.5.